The average molecular weight is 264 g/mol. The largest absolute Gasteiger partial charge is 0.326 e. The molecule has 1 amide bonds. The molecule has 0 radical (unpaired) electrons. The number of rotatable bonds is 4. The van der Waals surface area contributed by atoms with E-state index in [0.29, 0.717) is 24.1 Å². The maximum atomic E-state index is 14.1. The highest BCUT2D eigenvalue weighted by Crippen LogP contribution is 2.31. The minimum absolute atomic E-state index is 0.0525. The van der Waals surface area contributed by atoms with Crippen LogP contribution in [0.4, 0.5) is 10.1 Å². The number of hydrogen-bond acceptors (Lipinski definition) is 2. The molecule has 1 aromatic carbocycles. The second-order valence-corrected chi connectivity index (χ2v) is 5.37. The Morgan fingerprint density at radius 3 is 2.84 bits per heavy atom. The number of anilines is 1. The number of carbonyl (C=O) groups is 1. The summed E-state index contributed by atoms with van der Waals surface area (Å²) in [6, 6.07) is 2.93. The molecule has 4 heteroatoms. The van der Waals surface area contributed by atoms with Crippen LogP contribution >= 0.6 is 0 Å². The molecular weight excluding hydrogens is 243 g/mol. The second kappa shape index (κ2) is 5.70. The smallest absolute Gasteiger partial charge is 0.224 e. The lowest BCUT2D eigenvalue weighted by Gasteiger charge is -2.24. The number of carbonyl (C=O) groups excluding carboxylic acids is 1. The predicted octanol–water partition coefficient (Wildman–Crippen LogP) is 3.15. The molecule has 0 bridgehead atoms. The maximum Gasteiger partial charge on any atom is 0.224 e. The molecule has 2 atom stereocenters. The van der Waals surface area contributed by atoms with E-state index in [1.807, 2.05) is 6.07 Å². The number of aryl methyl sites for hydroxylation is 1. The summed E-state index contributed by atoms with van der Waals surface area (Å²) in [7, 11) is 0. The number of nitrogens with two attached hydrogens (primary N) is 1. The van der Waals surface area contributed by atoms with Crippen LogP contribution in [0, 0.1) is 11.7 Å². The predicted molar refractivity (Wildman–Crippen MR) is 74.4 cm³/mol. The molecule has 19 heavy (non-hydrogen) atoms. The molecule has 2 rings (SSSR count). The standard InChI is InChI=1S/C15H21FN2O/c1-3-4-9(2)15(17)11-7-10-5-6-14(19)18-13(10)8-12(11)16/h7-9,15H,3-6,17H2,1-2H3,(H,18,19). The summed E-state index contributed by atoms with van der Waals surface area (Å²) in [5, 5.41) is 2.70. The maximum absolute atomic E-state index is 14.1. The fourth-order valence-electron chi connectivity index (χ4n) is 2.62. The first-order valence-electron chi connectivity index (χ1n) is 6.90. The Labute approximate surface area is 113 Å². The summed E-state index contributed by atoms with van der Waals surface area (Å²) in [5.41, 5.74) is 8.30. The molecule has 0 spiro atoms. The molecular formula is C15H21FN2O. The average Bonchev–Trinajstić information content (AvgIpc) is 2.37. The normalized spacial score (nSPS) is 17.6. The van der Waals surface area contributed by atoms with Gasteiger partial charge in [0.15, 0.2) is 0 Å². The highest BCUT2D eigenvalue weighted by Gasteiger charge is 2.22. The Bertz CT molecular complexity index is 487. The van der Waals surface area contributed by atoms with Gasteiger partial charge >= 0.3 is 0 Å². The minimum atomic E-state index is -0.323. The van der Waals surface area contributed by atoms with Crippen molar-refractivity contribution in [1.82, 2.24) is 0 Å². The number of hydrogen-bond donors (Lipinski definition) is 2. The third-order valence-corrected chi connectivity index (χ3v) is 3.83. The Balaban J connectivity index is 2.29. The van der Waals surface area contributed by atoms with Gasteiger partial charge in [-0.2, -0.15) is 0 Å². The Morgan fingerprint density at radius 1 is 1.42 bits per heavy atom. The summed E-state index contributed by atoms with van der Waals surface area (Å²) in [4.78, 5) is 11.3. The lowest BCUT2D eigenvalue weighted by molar-refractivity contribution is -0.116. The monoisotopic (exact) mass is 264 g/mol. The number of nitrogens with one attached hydrogen (secondary N) is 1. The van der Waals surface area contributed by atoms with Gasteiger partial charge in [-0.15, -0.1) is 0 Å². The van der Waals surface area contributed by atoms with E-state index < -0.39 is 0 Å². The van der Waals surface area contributed by atoms with Gasteiger partial charge in [0, 0.05) is 23.7 Å². The SMILES string of the molecule is CCCC(C)C(N)c1cc2c(cc1F)NC(=O)CC2. The van der Waals surface area contributed by atoms with Crippen LogP contribution in [0.2, 0.25) is 0 Å². The molecule has 0 saturated carbocycles. The molecule has 3 N–H and O–H groups in total. The van der Waals surface area contributed by atoms with Crippen molar-refractivity contribution in [3.05, 3.63) is 29.1 Å². The molecule has 0 saturated heterocycles. The summed E-state index contributed by atoms with van der Waals surface area (Å²) < 4.78 is 14.1. The van der Waals surface area contributed by atoms with Crippen molar-refractivity contribution in [3.63, 3.8) is 0 Å². The highest BCUT2D eigenvalue weighted by atomic mass is 19.1. The zero-order chi connectivity index (χ0) is 14.0. The lowest BCUT2D eigenvalue weighted by Crippen LogP contribution is -2.23. The van der Waals surface area contributed by atoms with Crippen LogP contribution in [0.25, 0.3) is 0 Å². The molecule has 104 valence electrons. The van der Waals surface area contributed by atoms with E-state index in [0.717, 1.165) is 18.4 Å². The van der Waals surface area contributed by atoms with Crippen LogP contribution in [0.3, 0.4) is 0 Å². The highest BCUT2D eigenvalue weighted by molar-refractivity contribution is 5.93. The van der Waals surface area contributed by atoms with E-state index in [9.17, 15) is 9.18 Å². The van der Waals surface area contributed by atoms with E-state index in [1.54, 1.807) is 0 Å². The van der Waals surface area contributed by atoms with E-state index in [1.165, 1.54) is 6.07 Å². The van der Waals surface area contributed by atoms with E-state index in [2.05, 4.69) is 19.2 Å². The summed E-state index contributed by atoms with van der Waals surface area (Å²) in [6.45, 7) is 4.15. The quantitative estimate of drug-likeness (QED) is 0.877. The molecule has 1 heterocycles. The Hall–Kier alpha value is -1.42. The van der Waals surface area contributed by atoms with Crippen LogP contribution < -0.4 is 11.1 Å². The molecule has 3 nitrogen and oxygen atoms in total. The van der Waals surface area contributed by atoms with Crippen molar-refractivity contribution < 1.29 is 9.18 Å². The van der Waals surface area contributed by atoms with Crippen molar-refractivity contribution in [2.45, 2.75) is 45.6 Å². The van der Waals surface area contributed by atoms with Gasteiger partial charge in [-0.1, -0.05) is 20.3 Å². The van der Waals surface area contributed by atoms with Crippen molar-refractivity contribution in [1.29, 1.82) is 0 Å². The molecule has 2 unspecified atom stereocenters. The molecule has 1 aliphatic rings. The van der Waals surface area contributed by atoms with Crippen LogP contribution in [-0.4, -0.2) is 5.91 Å². The van der Waals surface area contributed by atoms with Crippen molar-refractivity contribution >= 4 is 11.6 Å². The van der Waals surface area contributed by atoms with Gasteiger partial charge in [-0.25, -0.2) is 4.39 Å². The first kappa shape index (κ1) is 14.0. The number of fused-ring (bicyclic) bond motifs is 1. The van der Waals surface area contributed by atoms with Gasteiger partial charge < -0.3 is 11.1 Å². The number of halogens is 1. The first-order chi connectivity index (χ1) is 9.02. The fourth-order valence-corrected chi connectivity index (χ4v) is 2.62. The van der Waals surface area contributed by atoms with E-state index in [-0.39, 0.29) is 23.7 Å². The lowest BCUT2D eigenvalue weighted by atomic mass is 9.89. The third-order valence-electron chi connectivity index (χ3n) is 3.83. The van der Waals surface area contributed by atoms with E-state index in [4.69, 9.17) is 5.73 Å². The molecule has 0 fully saturated rings. The number of amides is 1. The first-order valence-corrected chi connectivity index (χ1v) is 6.90. The molecule has 0 aromatic heterocycles. The van der Waals surface area contributed by atoms with Gasteiger partial charge in [0.2, 0.25) is 5.91 Å². The van der Waals surface area contributed by atoms with Gasteiger partial charge in [-0.05, 0) is 36.5 Å². The van der Waals surface area contributed by atoms with Crippen LogP contribution in [0.5, 0.6) is 0 Å². The van der Waals surface area contributed by atoms with E-state index >= 15 is 0 Å². The summed E-state index contributed by atoms with van der Waals surface area (Å²) in [6.07, 6.45) is 3.13. The van der Waals surface area contributed by atoms with Crippen LogP contribution in [0.15, 0.2) is 12.1 Å². The zero-order valence-corrected chi connectivity index (χ0v) is 11.5. The van der Waals surface area contributed by atoms with Crippen LogP contribution in [0.1, 0.15) is 50.3 Å². The second-order valence-electron chi connectivity index (χ2n) is 5.37. The molecule has 0 aliphatic carbocycles. The summed E-state index contributed by atoms with van der Waals surface area (Å²) >= 11 is 0. The molecule has 1 aromatic rings. The van der Waals surface area contributed by atoms with Gasteiger partial charge in [0.25, 0.3) is 0 Å². The van der Waals surface area contributed by atoms with Gasteiger partial charge in [0.05, 0.1) is 0 Å². The molecule has 1 aliphatic heterocycles. The fraction of sp³-hybridized carbons (Fsp3) is 0.533. The topological polar surface area (TPSA) is 55.1 Å². The minimum Gasteiger partial charge on any atom is -0.326 e. The van der Waals surface area contributed by atoms with Gasteiger partial charge in [0.1, 0.15) is 5.82 Å². The van der Waals surface area contributed by atoms with Crippen molar-refractivity contribution in [2.24, 2.45) is 11.7 Å². The van der Waals surface area contributed by atoms with Gasteiger partial charge in [-0.3, -0.25) is 4.79 Å². The zero-order valence-electron chi connectivity index (χ0n) is 11.5. The Morgan fingerprint density at radius 2 is 2.16 bits per heavy atom. The van der Waals surface area contributed by atoms with Crippen LogP contribution in [-0.2, 0) is 11.2 Å². The third kappa shape index (κ3) is 2.95. The Kier molecular flexibility index (Phi) is 4.20. The summed E-state index contributed by atoms with van der Waals surface area (Å²) in [5.74, 6) is -0.129. The number of benzene rings is 1. The van der Waals surface area contributed by atoms with Crippen molar-refractivity contribution in [2.75, 3.05) is 5.32 Å². The van der Waals surface area contributed by atoms with Crippen molar-refractivity contribution in [3.8, 4) is 0 Å².